The SMILES string of the molecule is C=CCCNC1(CC=C)CCN(Cc2ccccc2)CC1. The van der Waals surface area contributed by atoms with Gasteiger partial charge in [0.2, 0.25) is 0 Å². The van der Waals surface area contributed by atoms with Gasteiger partial charge in [-0.1, -0.05) is 42.5 Å². The summed E-state index contributed by atoms with van der Waals surface area (Å²) in [7, 11) is 0. The average molecular weight is 284 g/mol. The number of hydrogen-bond acceptors (Lipinski definition) is 2. The van der Waals surface area contributed by atoms with E-state index >= 15 is 0 Å². The van der Waals surface area contributed by atoms with Gasteiger partial charge in [-0.15, -0.1) is 13.2 Å². The maximum atomic E-state index is 3.94. The third-order valence-corrected chi connectivity index (χ3v) is 4.45. The Labute approximate surface area is 129 Å². The molecule has 1 aromatic rings. The minimum Gasteiger partial charge on any atom is -0.311 e. The van der Waals surface area contributed by atoms with Gasteiger partial charge < -0.3 is 5.32 Å². The predicted molar refractivity (Wildman–Crippen MR) is 91.3 cm³/mol. The van der Waals surface area contributed by atoms with E-state index in [1.165, 1.54) is 18.4 Å². The molecule has 1 aromatic carbocycles. The molecule has 1 aliphatic rings. The lowest BCUT2D eigenvalue weighted by Crippen LogP contribution is -2.53. The third kappa shape index (κ3) is 4.83. The average Bonchev–Trinajstić information content (AvgIpc) is 2.51. The number of benzene rings is 1. The summed E-state index contributed by atoms with van der Waals surface area (Å²) in [6, 6.07) is 10.8. The summed E-state index contributed by atoms with van der Waals surface area (Å²) < 4.78 is 0. The summed E-state index contributed by atoms with van der Waals surface area (Å²) in [6.07, 6.45) is 8.54. The summed E-state index contributed by atoms with van der Waals surface area (Å²) in [5.74, 6) is 0. The number of piperidine rings is 1. The molecule has 0 amide bonds. The van der Waals surface area contributed by atoms with Gasteiger partial charge in [-0.05, 0) is 37.8 Å². The van der Waals surface area contributed by atoms with Crippen molar-refractivity contribution in [2.24, 2.45) is 0 Å². The van der Waals surface area contributed by atoms with Crippen molar-refractivity contribution in [3.05, 3.63) is 61.2 Å². The zero-order valence-corrected chi connectivity index (χ0v) is 13.1. The lowest BCUT2D eigenvalue weighted by atomic mass is 9.84. The predicted octanol–water partition coefficient (Wildman–Crippen LogP) is 3.76. The topological polar surface area (TPSA) is 15.3 Å². The monoisotopic (exact) mass is 284 g/mol. The molecule has 2 rings (SSSR count). The molecule has 1 aliphatic heterocycles. The Morgan fingerprint density at radius 1 is 1.10 bits per heavy atom. The standard InChI is InChI=1S/C19H28N2/c1-3-5-14-20-19(11-4-2)12-15-21(16-13-19)17-18-9-7-6-8-10-18/h3-4,6-10,20H,1-2,5,11-17H2. The molecule has 0 aromatic heterocycles. The van der Waals surface area contributed by atoms with E-state index in [9.17, 15) is 0 Å². The van der Waals surface area contributed by atoms with Crippen molar-refractivity contribution in [1.29, 1.82) is 0 Å². The summed E-state index contributed by atoms with van der Waals surface area (Å²) in [4.78, 5) is 2.56. The van der Waals surface area contributed by atoms with Crippen molar-refractivity contribution in [2.75, 3.05) is 19.6 Å². The minimum atomic E-state index is 0.248. The highest BCUT2D eigenvalue weighted by atomic mass is 15.2. The van der Waals surface area contributed by atoms with E-state index in [2.05, 4.69) is 59.8 Å². The second-order valence-electron chi connectivity index (χ2n) is 6.04. The number of likely N-dealkylation sites (tertiary alicyclic amines) is 1. The van der Waals surface area contributed by atoms with Crippen LogP contribution in [-0.4, -0.2) is 30.1 Å². The Hall–Kier alpha value is -1.38. The van der Waals surface area contributed by atoms with Crippen molar-refractivity contribution >= 4 is 0 Å². The van der Waals surface area contributed by atoms with E-state index in [-0.39, 0.29) is 5.54 Å². The molecule has 114 valence electrons. The van der Waals surface area contributed by atoms with Crippen LogP contribution in [0.15, 0.2) is 55.6 Å². The van der Waals surface area contributed by atoms with Crippen LogP contribution in [0.2, 0.25) is 0 Å². The van der Waals surface area contributed by atoms with Gasteiger partial charge in [-0.25, -0.2) is 0 Å². The first kappa shape index (κ1) is 16.0. The molecule has 1 N–H and O–H groups in total. The molecule has 0 spiro atoms. The van der Waals surface area contributed by atoms with Crippen LogP contribution in [0.4, 0.5) is 0 Å². The maximum Gasteiger partial charge on any atom is 0.0240 e. The van der Waals surface area contributed by atoms with Crippen molar-refractivity contribution in [2.45, 2.75) is 37.8 Å². The largest absolute Gasteiger partial charge is 0.311 e. The van der Waals surface area contributed by atoms with Crippen LogP contribution in [0.3, 0.4) is 0 Å². The van der Waals surface area contributed by atoms with Crippen LogP contribution >= 0.6 is 0 Å². The van der Waals surface area contributed by atoms with Gasteiger partial charge >= 0.3 is 0 Å². The molecule has 21 heavy (non-hydrogen) atoms. The summed E-state index contributed by atoms with van der Waals surface area (Å²) in [5, 5.41) is 3.75. The Morgan fingerprint density at radius 3 is 2.43 bits per heavy atom. The van der Waals surface area contributed by atoms with Crippen LogP contribution in [0.1, 0.15) is 31.2 Å². The van der Waals surface area contributed by atoms with Crippen LogP contribution in [-0.2, 0) is 6.54 Å². The van der Waals surface area contributed by atoms with Crippen LogP contribution in [0.25, 0.3) is 0 Å². The Morgan fingerprint density at radius 2 is 1.81 bits per heavy atom. The van der Waals surface area contributed by atoms with Gasteiger partial charge in [0.1, 0.15) is 0 Å². The fourth-order valence-corrected chi connectivity index (χ4v) is 3.15. The lowest BCUT2D eigenvalue weighted by molar-refractivity contribution is 0.131. The first-order chi connectivity index (χ1) is 10.3. The highest BCUT2D eigenvalue weighted by Gasteiger charge is 2.32. The van der Waals surface area contributed by atoms with Crippen molar-refractivity contribution < 1.29 is 0 Å². The normalized spacial score (nSPS) is 18.3. The first-order valence-electron chi connectivity index (χ1n) is 8.01. The molecule has 0 bridgehead atoms. The lowest BCUT2D eigenvalue weighted by Gasteiger charge is -2.42. The second-order valence-corrected chi connectivity index (χ2v) is 6.04. The number of rotatable bonds is 8. The molecule has 1 heterocycles. The van der Waals surface area contributed by atoms with Gasteiger partial charge in [0.25, 0.3) is 0 Å². The van der Waals surface area contributed by atoms with Gasteiger partial charge in [-0.2, -0.15) is 0 Å². The summed E-state index contributed by atoms with van der Waals surface area (Å²) in [6.45, 7) is 12.1. The molecule has 2 nitrogen and oxygen atoms in total. The smallest absolute Gasteiger partial charge is 0.0240 e. The zero-order chi connectivity index (χ0) is 15.0. The highest BCUT2D eigenvalue weighted by Crippen LogP contribution is 2.27. The molecule has 2 heteroatoms. The maximum absolute atomic E-state index is 3.94. The number of hydrogen-bond donors (Lipinski definition) is 1. The number of nitrogens with zero attached hydrogens (tertiary/aromatic N) is 1. The molecule has 1 fully saturated rings. The molecule has 0 radical (unpaired) electrons. The van der Waals surface area contributed by atoms with Crippen molar-refractivity contribution in [1.82, 2.24) is 10.2 Å². The van der Waals surface area contributed by atoms with E-state index in [0.717, 1.165) is 39.0 Å². The molecular weight excluding hydrogens is 256 g/mol. The van der Waals surface area contributed by atoms with E-state index in [1.54, 1.807) is 0 Å². The van der Waals surface area contributed by atoms with Gasteiger partial charge in [0.15, 0.2) is 0 Å². The molecule has 0 saturated carbocycles. The van der Waals surface area contributed by atoms with Gasteiger partial charge in [0, 0.05) is 25.2 Å². The fraction of sp³-hybridized carbons (Fsp3) is 0.474. The van der Waals surface area contributed by atoms with Crippen LogP contribution in [0.5, 0.6) is 0 Å². The zero-order valence-electron chi connectivity index (χ0n) is 13.1. The number of nitrogens with one attached hydrogen (secondary N) is 1. The Bertz CT molecular complexity index is 430. The highest BCUT2D eigenvalue weighted by molar-refractivity contribution is 5.14. The van der Waals surface area contributed by atoms with E-state index < -0.39 is 0 Å². The van der Waals surface area contributed by atoms with E-state index in [4.69, 9.17) is 0 Å². The summed E-state index contributed by atoms with van der Waals surface area (Å²) in [5.41, 5.74) is 1.66. The molecule has 1 saturated heterocycles. The Balaban J connectivity index is 1.86. The van der Waals surface area contributed by atoms with Crippen LogP contribution < -0.4 is 5.32 Å². The van der Waals surface area contributed by atoms with E-state index in [0.29, 0.717) is 0 Å². The fourth-order valence-electron chi connectivity index (χ4n) is 3.15. The van der Waals surface area contributed by atoms with E-state index in [1.807, 2.05) is 6.08 Å². The van der Waals surface area contributed by atoms with Gasteiger partial charge in [0.05, 0.1) is 0 Å². The Kier molecular flexibility index (Phi) is 6.21. The molecule has 0 unspecified atom stereocenters. The van der Waals surface area contributed by atoms with Crippen LogP contribution in [0, 0.1) is 0 Å². The first-order valence-corrected chi connectivity index (χ1v) is 8.01. The van der Waals surface area contributed by atoms with Crippen molar-refractivity contribution in [3.63, 3.8) is 0 Å². The minimum absolute atomic E-state index is 0.248. The molecular formula is C19H28N2. The van der Waals surface area contributed by atoms with Crippen molar-refractivity contribution in [3.8, 4) is 0 Å². The van der Waals surface area contributed by atoms with Gasteiger partial charge in [-0.3, -0.25) is 4.90 Å². The quantitative estimate of drug-likeness (QED) is 0.577. The summed E-state index contributed by atoms with van der Waals surface area (Å²) >= 11 is 0. The molecule has 0 aliphatic carbocycles. The molecule has 0 atom stereocenters. The second kappa shape index (κ2) is 8.16. The third-order valence-electron chi connectivity index (χ3n) is 4.45.